The van der Waals surface area contributed by atoms with E-state index in [1.54, 1.807) is 0 Å². The molecule has 2 N–H and O–H groups in total. The van der Waals surface area contributed by atoms with Gasteiger partial charge in [-0.05, 0) is 0 Å². The third-order valence-corrected chi connectivity index (χ3v) is 0.316. The molecule has 0 atom stereocenters. The van der Waals surface area contributed by atoms with Gasteiger partial charge >= 0.3 is 16.5 Å². The molecule has 0 aromatic carbocycles. The Hall–Kier alpha value is 0.404. The van der Waals surface area contributed by atoms with Crippen molar-refractivity contribution in [1.29, 1.82) is 0 Å². The van der Waals surface area contributed by atoms with E-state index < -0.39 is 0 Å². The second-order valence-corrected chi connectivity index (χ2v) is 1.43. The fourth-order valence-corrected chi connectivity index (χ4v) is 0. The smallest absolute Gasteiger partial charge is 0.787 e. The van der Waals surface area contributed by atoms with Crippen LogP contribution in [-0.4, -0.2) is 4.38 Å². The average molecular weight is 165 g/mol. The van der Waals surface area contributed by atoms with Crippen LogP contribution in [0, 0.1) is 0 Å². The molecule has 0 amide bonds. The van der Waals surface area contributed by atoms with Crippen molar-refractivity contribution >= 4 is 29.6 Å². The molecular weight excluding hydrogens is 163 g/mol. The standard InChI is InChI=1S/CH4N2S2.Ni/c2-3-1(4)5;/h2H2,(H2,3,4,5);/q;+2/p-2. The first kappa shape index (κ1) is 9.64. The fraction of sp³-hybridized carbons (Fsp3) is 0. The van der Waals surface area contributed by atoms with Crippen LogP contribution in [0.5, 0.6) is 0 Å². The molecule has 5 heteroatoms. The van der Waals surface area contributed by atoms with E-state index in [1.165, 1.54) is 0 Å². The minimum absolute atomic E-state index is 0. The largest absolute Gasteiger partial charge is 2.00 e. The molecule has 0 unspecified atom stereocenters. The summed E-state index contributed by atoms with van der Waals surface area (Å²) in [6, 6.07) is 0. The minimum atomic E-state index is 0. The van der Waals surface area contributed by atoms with Gasteiger partial charge in [0.05, 0.1) is 0 Å². The molecule has 0 spiro atoms. The number of hydrogen-bond donors (Lipinski definition) is 1. The van der Waals surface area contributed by atoms with Gasteiger partial charge < -0.3 is 31.1 Å². The Morgan fingerprint density at radius 1 is 1.50 bits per heavy atom. The van der Waals surface area contributed by atoms with Gasteiger partial charge in [0.2, 0.25) is 0 Å². The molecule has 0 aromatic heterocycles. The maximum absolute atomic E-state index is 4.55. The molecule has 6 heavy (non-hydrogen) atoms. The molecule has 0 bridgehead atoms. The summed E-state index contributed by atoms with van der Waals surface area (Å²) in [5.41, 5.74) is 0. The Balaban J connectivity index is 0. The van der Waals surface area contributed by atoms with Gasteiger partial charge in [-0.1, -0.05) is 0 Å². The van der Waals surface area contributed by atoms with Crippen LogP contribution in [0.25, 0.3) is 0 Å². The first-order valence-corrected chi connectivity index (χ1v) is 1.71. The van der Waals surface area contributed by atoms with Gasteiger partial charge in [0.1, 0.15) is 0 Å². The molecule has 2 nitrogen and oxygen atoms in total. The zero-order valence-electron chi connectivity index (χ0n) is 2.66. The van der Waals surface area contributed by atoms with Crippen LogP contribution >= 0.6 is 0 Å². The van der Waals surface area contributed by atoms with Crippen LogP contribution in [0.1, 0.15) is 0 Å². The Morgan fingerprint density at radius 2 is 1.67 bits per heavy atom. The van der Waals surface area contributed by atoms with Gasteiger partial charge in [-0.3, -0.25) is 0 Å². The van der Waals surface area contributed by atoms with Crippen molar-refractivity contribution in [3.05, 3.63) is 0 Å². The van der Waals surface area contributed by atoms with E-state index in [1.807, 2.05) is 0 Å². The molecule has 0 rings (SSSR count). The molecule has 0 aliphatic carbocycles. The Bertz CT molecular complexity index is 49.5. The van der Waals surface area contributed by atoms with Crippen molar-refractivity contribution in [2.45, 2.75) is 0 Å². The maximum atomic E-state index is 4.55. The number of rotatable bonds is 0. The molecule has 0 saturated heterocycles. The van der Waals surface area contributed by atoms with Crippen molar-refractivity contribution in [3.8, 4) is 0 Å². The van der Waals surface area contributed by atoms with Gasteiger partial charge in [0.25, 0.3) is 0 Å². The van der Waals surface area contributed by atoms with Gasteiger partial charge in [-0.25, -0.2) is 9.48 Å². The van der Waals surface area contributed by atoms with Crippen LogP contribution < -0.4 is 5.84 Å². The molecule has 38 valence electrons. The summed E-state index contributed by atoms with van der Waals surface area (Å²) in [4.78, 5) is 0. The summed E-state index contributed by atoms with van der Waals surface area (Å²) < 4.78 is 0.0741. The van der Waals surface area contributed by atoms with E-state index in [4.69, 9.17) is 0 Å². The second-order valence-electron chi connectivity index (χ2n) is 0.395. The molecular formula is CH2N2NiS2. The number of hydrogen-bond acceptors (Lipinski definition) is 4. The Kier molecular flexibility index (Phi) is 8.68. The topological polar surface area (TPSA) is 38.4 Å². The molecule has 0 aliphatic rings. The van der Waals surface area contributed by atoms with Crippen molar-refractivity contribution in [1.82, 2.24) is 0 Å². The fourth-order valence-electron chi connectivity index (χ4n) is 0. The number of nitrogens with zero attached hydrogens (tertiary/aromatic N) is 1. The first-order chi connectivity index (χ1) is 2.27. The SMILES string of the molecule is NN=C([S-])[S-].[Ni+2]. The minimum Gasteiger partial charge on any atom is -0.787 e. The van der Waals surface area contributed by atoms with Crippen LogP contribution in [0.3, 0.4) is 0 Å². The van der Waals surface area contributed by atoms with E-state index in [0.717, 1.165) is 0 Å². The summed E-state index contributed by atoms with van der Waals surface area (Å²) in [5, 5.41) is 2.94. The molecule has 0 fully saturated rings. The second kappa shape index (κ2) is 5.40. The van der Waals surface area contributed by atoms with E-state index in [9.17, 15) is 0 Å². The third-order valence-electron chi connectivity index (χ3n) is 0.105. The van der Waals surface area contributed by atoms with Crippen molar-refractivity contribution < 1.29 is 16.5 Å². The van der Waals surface area contributed by atoms with Crippen LogP contribution in [0.15, 0.2) is 5.10 Å². The zero-order valence-corrected chi connectivity index (χ0v) is 5.28. The van der Waals surface area contributed by atoms with E-state index in [-0.39, 0.29) is 20.9 Å². The predicted octanol–water partition coefficient (Wildman–Crippen LogP) is -0.693. The number of hydrazone groups is 1. The van der Waals surface area contributed by atoms with Crippen LogP contribution in [0.2, 0.25) is 0 Å². The third kappa shape index (κ3) is 8.83. The molecule has 0 aliphatic heterocycles. The van der Waals surface area contributed by atoms with E-state index >= 15 is 0 Å². The molecule has 0 radical (unpaired) electrons. The summed E-state index contributed by atoms with van der Waals surface area (Å²) in [5.74, 6) is 4.55. The van der Waals surface area contributed by atoms with Gasteiger partial charge in [0.15, 0.2) is 0 Å². The predicted molar refractivity (Wildman–Crippen MR) is 26.4 cm³/mol. The van der Waals surface area contributed by atoms with Gasteiger partial charge in [0, 0.05) is 0 Å². The van der Waals surface area contributed by atoms with Crippen LogP contribution in [0.4, 0.5) is 0 Å². The zero-order chi connectivity index (χ0) is 4.28. The Labute approximate surface area is 57.3 Å². The Morgan fingerprint density at radius 3 is 1.67 bits per heavy atom. The van der Waals surface area contributed by atoms with E-state index in [0.29, 0.717) is 0 Å². The monoisotopic (exact) mass is 164 g/mol. The van der Waals surface area contributed by atoms with Crippen molar-refractivity contribution in [2.24, 2.45) is 10.9 Å². The summed E-state index contributed by atoms with van der Waals surface area (Å²) in [6.07, 6.45) is 0. The average Bonchev–Trinajstić information content (AvgIpc) is 1.38. The molecule has 0 heterocycles. The van der Waals surface area contributed by atoms with Crippen molar-refractivity contribution in [2.75, 3.05) is 0 Å². The number of nitrogens with two attached hydrogens (primary N) is 1. The summed E-state index contributed by atoms with van der Waals surface area (Å²) in [6.45, 7) is 0. The van der Waals surface area contributed by atoms with Gasteiger partial charge in [-0.2, -0.15) is 0 Å². The summed E-state index contributed by atoms with van der Waals surface area (Å²) in [7, 11) is 0. The van der Waals surface area contributed by atoms with Crippen LogP contribution in [-0.2, 0) is 41.7 Å². The van der Waals surface area contributed by atoms with E-state index in [2.05, 4.69) is 36.2 Å². The first-order valence-electron chi connectivity index (χ1n) is 0.890. The maximum Gasteiger partial charge on any atom is 2.00 e. The normalized spacial score (nSPS) is 5.33. The summed E-state index contributed by atoms with van der Waals surface area (Å²) >= 11 is 8.44. The molecule has 0 aromatic rings. The van der Waals surface area contributed by atoms with Gasteiger partial charge in [-0.15, -0.1) is 0 Å². The quantitative estimate of drug-likeness (QED) is 0.129. The molecule has 0 saturated carbocycles. The van der Waals surface area contributed by atoms with Crippen molar-refractivity contribution in [3.63, 3.8) is 0 Å².